The predicted octanol–water partition coefficient (Wildman–Crippen LogP) is 1.05. The molecule has 0 fully saturated rings. The first-order valence-corrected chi connectivity index (χ1v) is 5.78. The number of rotatable bonds is 5. The van der Waals surface area contributed by atoms with Crippen LogP contribution >= 0.6 is 0 Å². The van der Waals surface area contributed by atoms with Gasteiger partial charge in [0.15, 0.2) is 0 Å². The maximum atomic E-state index is 12.9. The van der Waals surface area contributed by atoms with Crippen molar-refractivity contribution in [1.29, 1.82) is 0 Å². The monoisotopic (exact) mass is 255 g/mol. The Morgan fingerprint density at radius 1 is 1.44 bits per heavy atom. The number of hydrogen-bond acceptors (Lipinski definition) is 3. The summed E-state index contributed by atoms with van der Waals surface area (Å²) in [6.07, 6.45) is -1.85. The summed E-state index contributed by atoms with van der Waals surface area (Å²) in [5.41, 5.74) is 1.08. The summed E-state index contributed by atoms with van der Waals surface area (Å²) in [6, 6.07) is 4.00. The van der Waals surface area contributed by atoms with Gasteiger partial charge in [0.1, 0.15) is 11.9 Å². The molecule has 0 spiro atoms. The van der Waals surface area contributed by atoms with E-state index in [0.717, 1.165) is 0 Å². The van der Waals surface area contributed by atoms with Crippen molar-refractivity contribution in [1.82, 2.24) is 5.32 Å². The van der Waals surface area contributed by atoms with E-state index in [2.05, 4.69) is 5.32 Å². The Kier molecular flexibility index (Phi) is 5.25. The van der Waals surface area contributed by atoms with Gasteiger partial charge in [-0.1, -0.05) is 6.07 Å². The highest BCUT2D eigenvalue weighted by Gasteiger charge is 2.19. The maximum Gasteiger partial charge on any atom is 0.216 e. The Balaban J connectivity index is 2.62. The van der Waals surface area contributed by atoms with Crippen LogP contribution in [0.3, 0.4) is 0 Å². The molecule has 4 nitrogen and oxygen atoms in total. The average molecular weight is 255 g/mol. The summed E-state index contributed by atoms with van der Waals surface area (Å²) < 4.78 is 12.9. The van der Waals surface area contributed by atoms with Gasteiger partial charge in [-0.25, -0.2) is 4.39 Å². The molecule has 0 radical (unpaired) electrons. The Morgan fingerprint density at radius 2 is 2.11 bits per heavy atom. The minimum Gasteiger partial charge on any atom is -0.390 e. The molecule has 0 heterocycles. The molecule has 2 unspecified atom stereocenters. The second kappa shape index (κ2) is 6.47. The van der Waals surface area contributed by atoms with Crippen LogP contribution in [0.5, 0.6) is 0 Å². The zero-order chi connectivity index (χ0) is 13.7. The normalized spacial score (nSPS) is 14.1. The van der Waals surface area contributed by atoms with Crippen LogP contribution in [0.25, 0.3) is 0 Å². The van der Waals surface area contributed by atoms with Crippen LogP contribution in [0, 0.1) is 12.7 Å². The Labute approximate surface area is 105 Å². The summed E-state index contributed by atoms with van der Waals surface area (Å²) in [7, 11) is 0. The molecule has 18 heavy (non-hydrogen) atoms. The van der Waals surface area contributed by atoms with E-state index in [1.807, 2.05) is 0 Å². The van der Waals surface area contributed by atoms with Crippen LogP contribution in [0.1, 0.15) is 30.6 Å². The second-order valence-corrected chi connectivity index (χ2v) is 4.28. The number of halogens is 1. The van der Waals surface area contributed by atoms with E-state index in [1.165, 1.54) is 25.1 Å². The van der Waals surface area contributed by atoms with Gasteiger partial charge in [-0.2, -0.15) is 0 Å². The van der Waals surface area contributed by atoms with Gasteiger partial charge in [0.2, 0.25) is 5.91 Å². The molecule has 0 saturated carbocycles. The molecular formula is C13H18FNO3. The van der Waals surface area contributed by atoms with E-state index in [1.54, 1.807) is 6.92 Å². The highest BCUT2D eigenvalue weighted by molar-refractivity contribution is 5.72. The maximum absolute atomic E-state index is 12.9. The Bertz CT molecular complexity index is 423. The lowest BCUT2D eigenvalue weighted by atomic mass is 9.98. The average Bonchev–Trinajstić information content (AvgIpc) is 2.27. The number of aliphatic hydroxyl groups is 2. The minimum absolute atomic E-state index is 0.186. The van der Waals surface area contributed by atoms with Crippen molar-refractivity contribution in [3.8, 4) is 0 Å². The van der Waals surface area contributed by atoms with Crippen molar-refractivity contribution in [2.75, 3.05) is 6.54 Å². The van der Waals surface area contributed by atoms with E-state index < -0.39 is 12.2 Å². The summed E-state index contributed by atoms with van der Waals surface area (Å²) in [4.78, 5) is 10.7. The number of hydrogen-bond donors (Lipinski definition) is 3. The molecule has 2 atom stereocenters. The number of nitrogens with one attached hydrogen (secondary N) is 1. The van der Waals surface area contributed by atoms with Crippen LogP contribution in [-0.2, 0) is 4.79 Å². The highest BCUT2D eigenvalue weighted by Crippen LogP contribution is 2.22. The third kappa shape index (κ3) is 4.09. The molecule has 3 N–H and O–H groups in total. The van der Waals surface area contributed by atoms with Crippen LogP contribution in [0.2, 0.25) is 0 Å². The van der Waals surface area contributed by atoms with E-state index in [-0.39, 0.29) is 24.7 Å². The number of aryl methyl sites for hydroxylation is 1. The van der Waals surface area contributed by atoms with Crippen molar-refractivity contribution in [3.05, 3.63) is 35.1 Å². The first-order chi connectivity index (χ1) is 8.41. The van der Waals surface area contributed by atoms with Crippen LogP contribution in [-0.4, -0.2) is 28.8 Å². The first kappa shape index (κ1) is 14.6. The molecule has 0 saturated heterocycles. The largest absolute Gasteiger partial charge is 0.390 e. The summed E-state index contributed by atoms with van der Waals surface area (Å²) in [6.45, 7) is 3.34. The van der Waals surface area contributed by atoms with Gasteiger partial charge in [0.25, 0.3) is 0 Å². The van der Waals surface area contributed by atoms with Crippen molar-refractivity contribution in [3.63, 3.8) is 0 Å². The second-order valence-electron chi connectivity index (χ2n) is 4.28. The standard InChI is InChI=1S/C13H18FNO3/c1-8-7-10(14)3-4-11(8)13(18)12(17)5-6-15-9(2)16/h3-4,7,12-13,17-18H,5-6H2,1-2H3,(H,15,16). The topological polar surface area (TPSA) is 69.6 Å². The fraction of sp³-hybridized carbons (Fsp3) is 0.462. The highest BCUT2D eigenvalue weighted by atomic mass is 19.1. The van der Waals surface area contributed by atoms with Crippen LogP contribution < -0.4 is 5.32 Å². The number of benzene rings is 1. The number of aliphatic hydroxyl groups excluding tert-OH is 2. The molecule has 1 aromatic rings. The van der Waals surface area contributed by atoms with Gasteiger partial charge < -0.3 is 15.5 Å². The minimum atomic E-state index is -1.08. The molecule has 1 amide bonds. The number of carbonyl (C=O) groups excluding carboxylic acids is 1. The quantitative estimate of drug-likeness (QED) is 0.736. The van der Waals surface area contributed by atoms with E-state index in [9.17, 15) is 19.4 Å². The van der Waals surface area contributed by atoms with E-state index >= 15 is 0 Å². The molecule has 5 heteroatoms. The fourth-order valence-electron chi connectivity index (χ4n) is 1.73. The zero-order valence-corrected chi connectivity index (χ0v) is 10.5. The molecular weight excluding hydrogens is 237 g/mol. The molecule has 0 aliphatic heterocycles. The fourth-order valence-corrected chi connectivity index (χ4v) is 1.73. The molecule has 0 aliphatic rings. The summed E-state index contributed by atoms with van der Waals surface area (Å²) in [5.74, 6) is -0.564. The van der Waals surface area contributed by atoms with Crippen LogP contribution in [0.4, 0.5) is 4.39 Å². The molecule has 1 aromatic carbocycles. The predicted molar refractivity (Wildman–Crippen MR) is 65.4 cm³/mol. The van der Waals surface area contributed by atoms with Crippen molar-refractivity contribution < 1.29 is 19.4 Å². The lowest BCUT2D eigenvalue weighted by Gasteiger charge is -2.20. The van der Waals surface area contributed by atoms with Gasteiger partial charge in [0, 0.05) is 13.5 Å². The third-order valence-electron chi connectivity index (χ3n) is 2.73. The molecule has 0 aliphatic carbocycles. The molecule has 100 valence electrons. The lowest BCUT2D eigenvalue weighted by molar-refractivity contribution is -0.119. The van der Waals surface area contributed by atoms with Crippen LogP contribution in [0.15, 0.2) is 18.2 Å². The smallest absolute Gasteiger partial charge is 0.216 e. The number of amides is 1. The molecule has 1 rings (SSSR count). The molecule has 0 bridgehead atoms. The third-order valence-corrected chi connectivity index (χ3v) is 2.73. The summed E-state index contributed by atoms with van der Waals surface area (Å²) >= 11 is 0. The van der Waals surface area contributed by atoms with Crippen molar-refractivity contribution in [2.45, 2.75) is 32.5 Å². The zero-order valence-electron chi connectivity index (χ0n) is 10.5. The first-order valence-electron chi connectivity index (χ1n) is 5.78. The van der Waals surface area contributed by atoms with Gasteiger partial charge in [-0.15, -0.1) is 0 Å². The van der Waals surface area contributed by atoms with E-state index in [4.69, 9.17) is 0 Å². The summed E-state index contributed by atoms with van der Waals surface area (Å²) in [5, 5.41) is 22.3. The van der Waals surface area contributed by atoms with Crippen molar-refractivity contribution in [2.24, 2.45) is 0 Å². The van der Waals surface area contributed by atoms with Gasteiger partial charge in [0.05, 0.1) is 6.10 Å². The van der Waals surface area contributed by atoms with E-state index in [0.29, 0.717) is 11.1 Å². The van der Waals surface area contributed by atoms with Gasteiger partial charge >= 0.3 is 0 Å². The van der Waals surface area contributed by atoms with Gasteiger partial charge in [-0.05, 0) is 36.6 Å². The lowest BCUT2D eigenvalue weighted by Crippen LogP contribution is -2.27. The number of carbonyl (C=O) groups is 1. The Morgan fingerprint density at radius 3 is 2.67 bits per heavy atom. The SMILES string of the molecule is CC(=O)NCCC(O)C(O)c1ccc(F)cc1C. The van der Waals surface area contributed by atoms with Gasteiger partial charge in [-0.3, -0.25) is 4.79 Å². The molecule has 0 aromatic heterocycles. The Hall–Kier alpha value is -1.46. The van der Waals surface area contributed by atoms with Crippen molar-refractivity contribution >= 4 is 5.91 Å².